The van der Waals surface area contributed by atoms with Crippen LogP contribution in [0.15, 0.2) is 48.2 Å². The van der Waals surface area contributed by atoms with Crippen LogP contribution in [0.4, 0.5) is 0 Å². The number of hydrogen-bond donors (Lipinski definition) is 1. The minimum Gasteiger partial charge on any atom is -0.385 e. The first kappa shape index (κ1) is 11.0. The molecule has 1 aromatic rings. The van der Waals surface area contributed by atoms with E-state index < -0.39 is 0 Å². The predicted octanol–water partition coefficient (Wildman–Crippen LogP) is 3.22. The fraction of sp³-hybridized carbons (Fsp3) is 0.333. The Bertz CT molecular complexity index is 390. The number of allylic oxidation sites excluding steroid dienone is 4. The highest BCUT2D eigenvalue weighted by atomic mass is 14.9. The van der Waals surface area contributed by atoms with Crippen LogP contribution in [-0.2, 0) is 12.8 Å². The fourth-order valence-corrected chi connectivity index (χ4v) is 2.27. The summed E-state index contributed by atoms with van der Waals surface area (Å²) in [6, 6.07) is 9.30. The Labute approximate surface area is 97.9 Å². The zero-order valence-corrected chi connectivity index (χ0v) is 10.0. The summed E-state index contributed by atoms with van der Waals surface area (Å²) in [5.41, 5.74) is 4.24. The number of benzene rings is 1. The van der Waals surface area contributed by atoms with Crippen molar-refractivity contribution in [2.24, 2.45) is 0 Å². The summed E-state index contributed by atoms with van der Waals surface area (Å²) in [6.45, 7) is 4.16. The van der Waals surface area contributed by atoms with Crippen LogP contribution in [0, 0.1) is 0 Å². The molecule has 0 spiro atoms. The van der Waals surface area contributed by atoms with Gasteiger partial charge in [-0.25, -0.2) is 0 Å². The van der Waals surface area contributed by atoms with E-state index >= 15 is 0 Å². The first-order valence-electron chi connectivity index (χ1n) is 5.92. The Hall–Kier alpha value is -1.50. The molecular formula is C15H19N. The summed E-state index contributed by atoms with van der Waals surface area (Å²) in [5, 5.41) is 3.57. The van der Waals surface area contributed by atoms with Gasteiger partial charge in [-0.1, -0.05) is 36.4 Å². The van der Waals surface area contributed by atoms with Gasteiger partial charge in [0.2, 0.25) is 0 Å². The molecule has 1 aromatic carbocycles. The van der Waals surface area contributed by atoms with Crippen molar-refractivity contribution in [3.05, 3.63) is 59.3 Å². The van der Waals surface area contributed by atoms with Gasteiger partial charge in [0, 0.05) is 11.7 Å². The zero-order valence-electron chi connectivity index (χ0n) is 10.0. The minimum atomic E-state index is 0.568. The third kappa shape index (κ3) is 2.54. The Morgan fingerprint density at radius 1 is 1.25 bits per heavy atom. The second kappa shape index (κ2) is 5.02. The van der Waals surface area contributed by atoms with Crippen molar-refractivity contribution in [3.63, 3.8) is 0 Å². The van der Waals surface area contributed by atoms with E-state index in [0.29, 0.717) is 6.04 Å². The second-order valence-corrected chi connectivity index (χ2v) is 4.39. The molecule has 0 heterocycles. The second-order valence-electron chi connectivity index (χ2n) is 4.39. The van der Waals surface area contributed by atoms with Crippen LogP contribution in [0.25, 0.3) is 0 Å². The number of hydrogen-bond acceptors (Lipinski definition) is 1. The van der Waals surface area contributed by atoms with E-state index in [-0.39, 0.29) is 0 Å². The largest absolute Gasteiger partial charge is 0.385 e. The fourth-order valence-electron chi connectivity index (χ4n) is 2.27. The highest BCUT2D eigenvalue weighted by Crippen LogP contribution is 2.22. The van der Waals surface area contributed by atoms with Crippen molar-refractivity contribution in [1.82, 2.24) is 5.32 Å². The lowest BCUT2D eigenvalue weighted by Gasteiger charge is -2.13. The molecule has 0 saturated heterocycles. The quantitative estimate of drug-likeness (QED) is 0.760. The lowest BCUT2D eigenvalue weighted by Crippen LogP contribution is -2.27. The molecule has 0 amide bonds. The first-order valence-corrected chi connectivity index (χ1v) is 5.92. The molecule has 1 heteroatoms. The summed E-state index contributed by atoms with van der Waals surface area (Å²) in [4.78, 5) is 0. The highest BCUT2D eigenvalue weighted by molar-refractivity contribution is 5.33. The Balaban J connectivity index is 1.97. The maximum atomic E-state index is 3.57. The lowest BCUT2D eigenvalue weighted by molar-refractivity contribution is 0.596. The molecule has 0 aliphatic heterocycles. The number of nitrogens with one attached hydrogen (secondary N) is 1. The van der Waals surface area contributed by atoms with Crippen molar-refractivity contribution < 1.29 is 0 Å². The Kier molecular flexibility index (Phi) is 3.45. The van der Waals surface area contributed by atoms with Gasteiger partial charge in [-0.3, -0.25) is 0 Å². The normalized spacial score (nSPS) is 16.8. The van der Waals surface area contributed by atoms with Crippen molar-refractivity contribution in [2.45, 2.75) is 32.7 Å². The monoisotopic (exact) mass is 213 g/mol. The van der Waals surface area contributed by atoms with Gasteiger partial charge in [0.05, 0.1) is 0 Å². The van der Waals surface area contributed by atoms with Gasteiger partial charge in [-0.05, 0) is 43.9 Å². The van der Waals surface area contributed by atoms with E-state index in [1.54, 1.807) is 0 Å². The van der Waals surface area contributed by atoms with E-state index in [4.69, 9.17) is 0 Å². The zero-order chi connectivity index (χ0) is 11.4. The molecule has 0 bridgehead atoms. The van der Waals surface area contributed by atoms with Crippen LogP contribution < -0.4 is 5.32 Å². The average molecular weight is 213 g/mol. The molecule has 0 unspecified atom stereocenters. The summed E-state index contributed by atoms with van der Waals surface area (Å²) in [6.07, 6.45) is 8.55. The van der Waals surface area contributed by atoms with E-state index in [1.807, 2.05) is 6.92 Å². The molecule has 0 radical (unpaired) electrons. The van der Waals surface area contributed by atoms with Gasteiger partial charge in [0.15, 0.2) is 0 Å². The molecule has 0 saturated carbocycles. The molecule has 0 aromatic heterocycles. The Morgan fingerprint density at radius 2 is 1.88 bits per heavy atom. The van der Waals surface area contributed by atoms with Crippen LogP contribution in [0.2, 0.25) is 0 Å². The summed E-state index contributed by atoms with van der Waals surface area (Å²) in [7, 11) is 0. The van der Waals surface area contributed by atoms with E-state index in [2.05, 4.69) is 54.7 Å². The third-order valence-corrected chi connectivity index (χ3v) is 3.02. The van der Waals surface area contributed by atoms with E-state index in [1.165, 1.54) is 16.8 Å². The van der Waals surface area contributed by atoms with Gasteiger partial charge in [0.25, 0.3) is 0 Å². The lowest BCUT2D eigenvalue weighted by atomic mass is 10.1. The van der Waals surface area contributed by atoms with Crippen LogP contribution in [0.5, 0.6) is 0 Å². The van der Waals surface area contributed by atoms with Crippen molar-refractivity contribution in [2.75, 3.05) is 0 Å². The molecule has 0 atom stereocenters. The summed E-state index contributed by atoms with van der Waals surface area (Å²) in [5.74, 6) is 0. The van der Waals surface area contributed by atoms with Gasteiger partial charge < -0.3 is 5.32 Å². The van der Waals surface area contributed by atoms with Gasteiger partial charge >= 0.3 is 0 Å². The molecule has 0 fully saturated rings. The molecule has 84 valence electrons. The van der Waals surface area contributed by atoms with Crippen LogP contribution in [0.3, 0.4) is 0 Å². The maximum absolute atomic E-state index is 3.57. The highest BCUT2D eigenvalue weighted by Gasteiger charge is 2.19. The summed E-state index contributed by atoms with van der Waals surface area (Å²) >= 11 is 0. The number of rotatable bonds is 3. The third-order valence-electron chi connectivity index (χ3n) is 3.02. The van der Waals surface area contributed by atoms with Gasteiger partial charge in [-0.2, -0.15) is 0 Å². The molecule has 1 aliphatic carbocycles. The Morgan fingerprint density at radius 3 is 2.44 bits per heavy atom. The molecule has 1 nitrogen and oxygen atoms in total. The van der Waals surface area contributed by atoms with Crippen LogP contribution in [-0.4, -0.2) is 6.04 Å². The minimum absolute atomic E-state index is 0.568. The standard InChI is InChI=1S/C15H19N/c1-3-4-7-12(2)16-15-10-13-8-5-6-9-14(13)11-15/h3-9,15-16H,10-11H2,1-2H3/b4-3-,12-7+. The SMILES string of the molecule is C/C=C\C=C(/C)NC1Cc2ccccc2C1. The molecular weight excluding hydrogens is 194 g/mol. The summed E-state index contributed by atoms with van der Waals surface area (Å²) < 4.78 is 0. The van der Waals surface area contributed by atoms with Crippen molar-refractivity contribution in [3.8, 4) is 0 Å². The van der Waals surface area contributed by atoms with E-state index in [9.17, 15) is 0 Å². The van der Waals surface area contributed by atoms with E-state index in [0.717, 1.165) is 12.8 Å². The number of fused-ring (bicyclic) bond motifs is 1. The first-order chi connectivity index (χ1) is 7.79. The van der Waals surface area contributed by atoms with Crippen LogP contribution >= 0.6 is 0 Å². The topological polar surface area (TPSA) is 12.0 Å². The molecule has 2 rings (SSSR count). The molecule has 1 N–H and O–H groups in total. The van der Waals surface area contributed by atoms with Crippen molar-refractivity contribution in [1.29, 1.82) is 0 Å². The van der Waals surface area contributed by atoms with Crippen LogP contribution in [0.1, 0.15) is 25.0 Å². The molecule has 1 aliphatic rings. The molecule has 16 heavy (non-hydrogen) atoms. The smallest absolute Gasteiger partial charge is 0.0339 e. The average Bonchev–Trinajstić information content (AvgIpc) is 2.68. The maximum Gasteiger partial charge on any atom is 0.0339 e. The van der Waals surface area contributed by atoms with Gasteiger partial charge in [-0.15, -0.1) is 0 Å². The predicted molar refractivity (Wildman–Crippen MR) is 69.3 cm³/mol. The van der Waals surface area contributed by atoms with Gasteiger partial charge in [0.1, 0.15) is 0 Å². The van der Waals surface area contributed by atoms with Crippen molar-refractivity contribution >= 4 is 0 Å².